The van der Waals surface area contributed by atoms with E-state index < -0.39 is 30.4 Å². The molecule has 0 aliphatic rings. The number of likely N-dealkylation sites (N-methyl/N-ethyl adjacent to an activating group) is 1. The maximum absolute atomic E-state index is 11.1. The summed E-state index contributed by atoms with van der Waals surface area (Å²) in [6.45, 7) is 0.616. The van der Waals surface area contributed by atoms with E-state index in [1.54, 1.807) is 21.7 Å². The third kappa shape index (κ3) is 16.6. The average Bonchev–Trinajstić information content (AvgIpc) is 2.56. The van der Waals surface area contributed by atoms with Crippen LogP contribution in [0.15, 0.2) is 0 Å². The fourth-order valence-electron chi connectivity index (χ4n) is 2.79. The van der Waals surface area contributed by atoms with Crippen molar-refractivity contribution in [1.29, 1.82) is 0 Å². The summed E-state index contributed by atoms with van der Waals surface area (Å²) in [7, 11) is 1.65. The highest BCUT2D eigenvalue weighted by Crippen LogP contribution is 1.99. The lowest BCUT2D eigenvalue weighted by molar-refractivity contribution is -0.153. The van der Waals surface area contributed by atoms with Crippen molar-refractivity contribution in [3.63, 3.8) is 0 Å². The molecular weight excluding hydrogens is 404 g/mol. The van der Waals surface area contributed by atoms with Gasteiger partial charge in [-0.3, -0.25) is 33.9 Å². The molecule has 13 heteroatoms. The average molecular weight is 436 g/mol. The van der Waals surface area contributed by atoms with Crippen LogP contribution >= 0.6 is 0 Å². The van der Waals surface area contributed by atoms with Crippen molar-refractivity contribution in [2.45, 2.75) is 12.8 Å². The van der Waals surface area contributed by atoms with Crippen LogP contribution in [0.2, 0.25) is 0 Å². The van der Waals surface area contributed by atoms with Gasteiger partial charge < -0.3 is 25.6 Å². The zero-order valence-corrected chi connectivity index (χ0v) is 17.1. The molecule has 0 amide bonds. The van der Waals surface area contributed by atoms with E-state index in [0.717, 1.165) is 0 Å². The minimum atomic E-state index is -1.18. The van der Waals surface area contributed by atoms with Crippen molar-refractivity contribution in [2.24, 2.45) is 0 Å². The Morgan fingerprint density at radius 1 is 0.567 bits per heavy atom. The number of carboxylic acids is 4. The fraction of sp³-hybridized carbons (Fsp3) is 0.765. The highest BCUT2D eigenvalue weighted by atomic mass is 16.5. The molecule has 0 fully saturated rings. The Labute approximate surface area is 174 Å². The molecule has 0 saturated heterocycles. The Morgan fingerprint density at radius 2 is 0.967 bits per heavy atom. The van der Waals surface area contributed by atoms with Crippen molar-refractivity contribution in [2.75, 3.05) is 72.5 Å². The van der Waals surface area contributed by atoms with Gasteiger partial charge in [-0.05, 0) is 26.4 Å². The van der Waals surface area contributed by atoms with E-state index in [0.29, 0.717) is 37.5 Å². The number of nitrogens with zero attached hydrogens (tertiary/aromatic N) is 4. The Balaban J connectivity index is 4.56. The highest BCUT2D eigenvalue weighted by Gasteiger charge is 2.15. The molecule has 0 bridgehead atoms. The Hall–Kier alpha value is -2.32. The molecule has 0 unspecified atom stereocenters. The van der Waals surface area contributed by atoms with Gasteiger partial charge in [0.05, 0.1) is 19.6 Å². The topological polar surface area (TPSA) is 182 Å². The van der Waals surface area contributed by atoms with Crippen molar-refractivity contribution >= 4 is 23.9 Å². The van der Waals surface area contributed by atoms with Gasteiger partial charge in [-0.1, -0.05) is 0 Å². The monoisotopic (exact) mass is 436 g/mol. The van der Waals surface area contributed by atoms with Gasteiger partial charge in [0.25, 0.3) is 0 Å². The van der Waals surface area contributed by atoms with Crippen LogP contribution in [0, 0.1) is 0 Å². The van der Waals surface area contributed by atoms with Gasteiger partial charge in [-0.15, -0.1) is 0 Å². The quantitative estimate of drug-likeness (QED) is 0.145. The maximum atomic E-state index is 11.1. The lowest BCUT2D eigenvalue weighted by atomic mass is 10.3. The molecule has 0 atom stereocenters. The molecule has 0 aromatic heterocycles. The van der Waals surface area contributed by atoms with Crippen LogP contribution in [0.25, 0.3) is 0 Å². The van der Waals surface area contributed by atoms with Gasteiger partial charge in [-0.2, -0.15) is 5.06 Å². The standard InChI is InChI=1S/C17H32N4O9/c1-18(10-14(22)23)4-2-5-19(11-15(24)25)8-9-20(12-16(26)27)6-3-7-21(30)13-17(28)29/h30H,2-13H2,1H3,(H,22,23)(H,24,25)(H,26,27)(H,28,29). The van der Waals surface area contributed by atoms with Crippen molar-refractivity contribution in [1.82, 2.24) is 19.8 Å². The number of aliphatic carboxylic acids is 4. The molecular formula is C17H32N4O9. The third-order valence-electron chi connectivity index (χ3n) is 4.08. The second-order valence-corrected chi connectivity index (χ2v) is 6.96. The first-order chi connectivity index (χ1) is 14.0. The molecule has 5 N–H and O–H groups in total. The first-order valence-electron chi connectivity index (χ1n) is 9.43. The molecule has 30 heavy (non-hydrogen) atoms. The molecule has 0 rings (SSSR count). The lowest BCUT2D eigenvalue weighted by Gasteiger charge is -2.26. The number of hydrogen-bond donors (Lipinski definition) is 5. The largest absolute Gasteiger partial charge is 0.480 e. The highest BCUT2D eigenvalue weighted by molar-refractivity contribution is 5.70. The zero-order chi connectivity index (χ0) is 23.1. The summed E-state index contributed by atoms with van der Waals surface area (Å²) in [5, 5.41) is 45.5. The molecule has 0 aliphatic heterocycles. The summed E-state index contributed by atoms with van der Waals surface area (Å²) in [4.78, 5) is 48.2. The molecule has 0 aromatic rings. The summed E-state index contributed by atoms with van der Waals surface area (Å²) in [5.74, 6) is -4.21. The number of carboxylic acid groups (broad SMARTS) is 4. The third-order valence-corrected chi connectivity index (χ3v) is 4.08. The molecule has 0 saturated carbocycles. The van der Waals surface area contributed by atoms with Gasteiger partial charge in [0.2, 0.25) is 0 Å². The van der Waals surface area contributed by atoms with E-state index in [9.17, 15) is 24.4 Å². The van der Waals surface area contributed by atoms with Crippen LogP contribution < -0.4 is 0 Å². The second-order valence-electron chi connectivity index (χ2n) is 6.96. The number of hydrogen-bond acceptors (Lipinski definition) is 9. The lowest BCUT2D eigenvalue weighted by Crippen LogP contribution is -2.41. The van der Waals surface area contributed by atoms with Crippen LogP contribution in [0.1, 0.15) is 12.8 Å². The van der Waals surface area contributed by atoms with Crippen LogP contribution in [0.4, 0.5) is 0 Å². The molecule has 0 heterocycles. The van der Waals surface area contributed by atoms with Gasteiger partial charge in [0, 0.05) is 32.7 Å². The summed E-state index contributed by atoms with van der Waals surface area (Å²) in [5.41, 5.74) is 0. The first kappa shape index (κ1) is 27.7. The van der Waals surface area contributed by atoms with Gasteiger partial charge in [0.1, 0.15) is 6.54 Å². The van der Waals surface area contributed by atoms with Crippen LogP contribution in [0.3, 0.4) is 0 Å². The number of hydroxylamine groups is 2. The smallest absolute Gasteiger partial charge is 0.320 e. The SMILES string of the molecule is CN(CCCN(CCN(CCCN(O)CC(=O)O)CC(=O)O)CC(=O)O)CC(=O)O. The Bertz CT molecular complexity index is 513. The minimum Gasteiger partial charge on any atom is -0.480 e. The van der Waals surface area contributed by atoms with Gasteiger partial charge >= 0.3 is 23.9 Å². The van der Waals surface area contributed by atoms with E-state index in [4.69, 9.17) is 20.4 Å². The van der Waals surface area contributed by atoms with Crippen LogP contribution in [0.5, 0.6) is 0 Å². The van der Waals surface area contributed by atoms with Crippen molar-refractivity contribution in [3.8, 4) is 0 Å². The van der Waals surface area contributed by atoms with E-state index in [1.807, 2.05) is 0 Å². The van der Waals surface area contributed by atoms with Crippen molar-refractivity contribution in [3.05, 3.63) is 0 Å². The number of rotatable bonds is 19. The molecule has 0 spiro atoms. The normalized spacial score (nSPS) is 11.5. The Kier molecular flexibility index (Phi) is 14.3. The summed E-state index contributed by atoms with van der Waals surface area (Å²) < 4.78 is 0. The fourth-order valence-corrected chi connectivity index (χ4v) is 2.79. The van der Waals surface area contributed by atoms with Crippen LogP contribution in [-0.2, 0) is 19.2 Å². The molecule has 0 radical (unpaired) electrons. The molecule has 0 aliphatic carbocycles. The minimum absolute atomic E-state index is 0.0527. The maximum Gasteiger partial charge on any atom is 0.320 e. The summed E-state index contributed by atoms with van der Waals surface area (Å²) in [6.07, 6.45) is 0.876. The Morgan fingerprint density at radius 3 is 1.37 bits per heavy atom. The van der Waals surface area contributed by atoms with Crippen molar-refractivity contribution < 1.29 is 44.8 Å². The van der Waals surface area contributed by atoms with E-state index in [-0.39, 0.29) is 39.3 Å². The summed E-state index contributed by atoms with van der Waals surface area (Å²) in [6, 6.07) is 0. The predicted octanol–water partition coefficient (Wildman–Crippen LogP) is -1.67. The predicted molar refractivity (Wildman–Crippen MR) is 104 cm³/mol. The van der Waals surface area contributed by atoms with E-state index in [2.05, 4.69) is 0 Å². The number of carbonyl (C=O) groups is 4. The molecule has 174 valence electrons. The molecule has 0 aromatic carbocycles. The van der Waals surface area contributed by atoms with Crippen LogP contribution in [-0.4, -0.2) is 142 Å². The van der Waals surface area contributed by atoms with Gasteiger partial charge in [0.15, 0.2) is 0 Å². The summed E-state index contributed by atoms with van der Waals surface area (Å²) >= 11 is 0. The van der Waals surface area contributed by atoms with E-state index in [1.165, 1.54) is 0 Å². The second kappa shape index (κ2) is 15.5. The van der Waals surface area contributed by atoms with Gasteiger partial charge in [-0.25, -0.2) is 0 Å². The zero-order valence-electron chi connectivity index (χ0n) is 17.1. The first-order valence-corrected chi connectivity index (χ1v) is 9.43. The van der Waals surface area contributed by atoms with E-state index >= 15 is 0 Å². The molecule has 13 nitrogen and oxygen atoms in total.